The average Bonchev–Trinajstić information content (AvgIpc) is 2.66. The van der Waals surface area contributed by atoms with Crippen LogP contribution in [0.5, 0.6) is 0 Å². The quantitative estimate of drug-likeness (QED) is 0.328. The molecule has 0 fully saturated rings. The Morgan fingerprint density at radius 3 is 1.22 bits per heavy atom. The average molecular weight is 583 g/mol. The van der Waals surface area contributed by atoms with E-state index in [2.05, 4.69) is 78.3 Å². The number of rotatable bonds is 1. The molecule has 0 aromatic rings. The first-order chi connectivity index (χ1) is 8.07. The van der Waals surface area contributed by atoms with Crippen molar-refractivity contribution in [2.75, 3.05) is 0 Å². The molecule has 0 N–H and O–H groups in total. The maximum atomic E-state index is 2.51. The van der Waals surface area contributed by atoms with Gasteiger partial charge in [0.05, 0.1) is 0 Å². The molecule has 0 heterocycles. The van der Waals surface area contributed by atoms with Gasteiger partial charge in [0.15, 0.2) is 0 Å². The Kier molecular flexibility index (Phi) is 5.65. The molecule has 0 radical (unpaired) electrons. The van der Waals surface area contributed by atoms with E-state index in [4.69, 9.17) is 0 Å². The molecule has 0 nitrogen and oxygen atoms in total. The van der Waals surface area contributed by atoms with Gasteiger partial charge in [0.2, 0.25) is 0 Å². The molecule has 0 bridgehead atoms. The van der Waals surface area contributed by atoms with Crippen LogP contribution in [0, 0.1) is 0 Å². The van der Waals surface area contributed by atoms with Gasteiger partial charge < -0.3 is 37.2 Å². The Balaban J connectivity index is -0.000000382. The first-order valence-electron chi connectivity index (χ1n) is 7.93. The summed E-state index contributed by atoms with van der Waals surface area (Å²) in [5.41, 5.74) is 0. The SMILES string of the molecule is [CH3][Ti]([CH3])([CH3])([CH3])([CH3])([CH3])([CH3])([CH3])[C]1=CC=CC1.[Cl-].[Cl-].[Cl-].[Hf+3][C]1=CC=CC1. The predicted molar refractivity (Wildman–Crippen MR) is 90.6 cm³/mol. The summed E-state index contributed by atoms with van der Waals surface area (Å²) in [6, 6.07) is 0. The van der Waals surface area contributed by atoms with Gasteiger partial charge in [0, 0.05) is 0 Å². The molecule has 135 valence electrons. The van der Waals surface area contributed by atoms with Crippen LogP contribution in [0.25, 0.3) is 0 Å². The van der Waals surface area contributed by atoms with Crippen molar-refractivity contribution in [2.45, 2.75) is 54.7 Å². The van der Waals surface area contributed by atoms with Crippen LogP contribution in [0.15, 0.2) is 43.7 Å². The molecule has 2 aliphatic carbocycles. The van der Waals surface area contributed by atoms with Gasteiger partial charge in [-0.25, -0.2) is 0 Å². The zero-order valence-electron chi connectivity index (χ0n) is 16.0. The second kappa shape index (κ2) is 4.45. The zero-order valence-corrected chi connectivity index (χ0v) is 23.4. The number of halogens is 3. The molecule has 0 aliphatic heterocycles. The van der Waals surface area contributed by atoms with E-state index >= 15 is 0 Å². The molecule has 5 heteroatoms. The Bertz CT molecular complexity index is 614. The fourth-order valence-corrected chi connectivity index (χ4v) is 8.11. The molecule has 2 aliphatic rings. The topological polar surface area (TPSA) is 0 Å². The number of hydrogen-bond acceptors (Lipinski definition) is 0. The van der Waals surface area contributed by atoms with Crippen molar-refractivity contribution in [1.29, 1.82) is 0 Å². The summed E-state index contributed by atoms with van der Waals surface area (Å²) in [5, 5.41) is 20.1. The standard InChI is InChI=1S/2C5H5.8CH3.3ClH.Hf.Ti/c2*1-2-4-5-3-1;;;;;;;;;;;;;/h2*1-3H,4H2;8*1H3;3*1H;;/q;;;;;;;;;;;;;+3;/p-3. The Hall–Kier alpha value is 1.41. The van der Waals surface area contributed by atoms with E-state index in [-0.39, 0.29) is 37.2 Å². The Labute approximate surface area is 168 Å². The van der Waals surface area contributed by atoms with Crippen molar-refractivity contribution in [2.24, 2.45) is 0 Å². The molecule has 2 rings (SSSR count). The molecule has 0 unspecified atom stereocenters. The van der Waals surface area contributed by atoms with Gasteiger partial charge in [-0.05, 0) is 0 Å². The van der Waals surface area contributed by atoms with E-state index in [1.54, 1.807) is 7.21 Å². The van der Waals surface area contributed by atoms with Gasteiger partial charge in [0.1, 0.15) is 0 Å². The summed E-state index contributed by atoms with van der Waals surface area (Å²) >= 11 is 1.25. The fourth-order valence-electron chi connectivity index (χ4n) is 2.38. The van der Waals surface area contributed by atoms with Crippen LogP contribution >= 0.6 is 0 Å². The van der Waals surface area contributed by atoms with Crippen LogP contribution < -0.4 is 37.2 Å². The molecule has 0 aromatic carbocycles. The molecule has 0 saturated heterocycles. The minimum absolute atomic E-state index is 0. The second-order valence-corrected chi connectivity index (χ2v) is 71.9. The predicted octanol–water partition coefficient (Wildman–Crippen LogP) is -1.56. The summed E-state index contributed by atoms with van der Waals surface area (Å²) in [6.45, 7) is 0. The van der Waals surface area contributed by atoms with Crippen LogP contribution in [0.2, 0.25) is 41.8 Å². The monoisotopic (exact) mass is 583 g/mol. The minimum atomic E-state index is -4.26. The van der Waals surface area contributed by atoms with Crippen LogP contribution in [0.3, 0.4) is 0 Å². The summed E-state index contributed by atoms with van der Waals surface area (Å²) in [6.07, 6.45) is 15.7. The third kappa shape index (κ3) is 10.9. The van der Waals surface area contributed by atoms with Gasteiger partial charge in [-0.2, -0.15) is 0 Å². The van der Waals surface area contributed by atoms with Crippen molar-refractivity contribution in [3.05, 3.63) is 43.7 Å². The Morgan fingerprint density at radius 1 is 0.696 bits per heavy atom. The third-order valence-corrected chi connectivity index (χ3v) is 14.0. The van der Waals surface area contributed by atoms with E-state index < -0.39 is 10.2 Å². The van der Waals surface area contributed by atoms with E-state index in [0.29, 0.717) is 0 Å². The molecular formula is C18H34Cl3HfTi. The van der Waals surface area contributed by atoms with Gasteiger partial charge in [-0.15, -0.1) is 0 Å². The van der Waals surface area contributed by atoms with Crippen LogP contribution in [0.4, 0.5) is 0 Å². The zero-order chi connectivity index (χ0) is 16.1. The van der Waals surface area contributed by atoms with E-state index in [9.17, 15) is 0 Å². The van der Waals surface area contributed by atoms with E-state index in [1.165, 1.54) is 30.8 Å². The van der Waals surface area contributed by atoms with E-state index in [1.807, 2.05) is 0 Å². The summed E-state index contributed by atoms with van der Waals surface area (Å²) < 4.78 is 3.22. The molecule has 0 saturated carbocycles. The molecular weight excluding hydrogens is 549 g/mol. The van der Waals surface area contributed by atoms with Gasteiger partial charge in [-0.3, -0.25) is 0 Å². The summed E-state index contributed by atoms with van der Waals surface area (Å²) in [5.74, 6) is 0. The van der Waals surface area contributed by atoms with Crippen molar-refractivity contribution in [1.82, 2.24) is 0 Å². The molecule has 0 aromatic heterocycles. The van der Waals surface area contributed by atoms with Crippen molar-refractivity contribution >= 4 is 0 Å². The van der Waals surface area contributed by atoms with Gasteiger partial charge in [0.25, 0.3) is 0 Å². The first kappa shape index (κ1) is 29.2. The van der Waals surface area contributed by atoms with E-state index in [0.717, 1.165) is 6.42 Å². The summed E-state index contributed by atoms with van der Waals surface area (Å²) in [4.78, 5) is 0. The number of hydrogen-bond donors (Lipinski definition) is 0. The van der Waals surface area contributed by atoms with Crippen molar-refractivity contribution in [3.63, 3.8) is 0 Å². The normalized spacial score (nSPS) is 24.7. The van der Waals surface area contributed by atoms with Crippen molar-refractivity contribution in [3.8, 4) is 0 Å². The van der Waals surface area contributed by atoms with Crippen LogP contribution in [-0.4, -0.2) is 0 Å². The van der Waals surface area contributed by atoms with Gasteiger partial charge >= 0.3 is 133 Å². The molecule has 0 atom stereocenters. The fraction of sp³-hybridized carbons (Fsp3) is 0.556. The second-order valence-electron chi connectivity index (χ2n) is 18.6. The maximum absolute atomic E-state index is 4.26. The van der Waals surface area contributed by atoms with Gasteiger partial charge in [-0.1, -0.05) is 0 Å². The van der Waals surface area contributed by atoms with Crippen LogP contribution in [0.1, 0.15) is 12.8 Å². The number of allylic oxidation sites excluding steroid dienone is 8. The molecule has 0 amide bonds. The molecule has 0 spiro atoms. The molecule has 23 heavy (non-hydrogen) atoms. The Morgan fingerprint density at radius 2 is 1.09 bits per heavy atom. The third-order valence-electron chi connectivity index (χ3n) is 4.11. The van der Waals surface area contributed by atoms with Crippen molar-refractivity contribution < 1.29 is 71.8 Å². The van der Waals surface area contributed by atoms with Crippen LogP contribution in [-0.2, 0) is 34.6 Å². The first-order valence-corrected chi connectivity index (χ1v) is 23.0. The summed E-state index contributed by atoms with van der Waals surface area (Å²) in [7, 11) is -4.26.